The number of hydrogen-bond acceptors (Lipinski definition) is 5. The molecule has 0 unspecified atom stereocenters. The fourth-order valence-electron chi connectivity index (χ4n) is 2.23. The van der Waals surface area contributed by atoms with Gasteiger partial charge in [0.1, 0.15) is 11.4 Å². The average molecular weight is 326 g/mol. The van der Waals surface area contributed by atoms with E-state index in [2.05, 4.69) is 38.8 Å². The molecule has 0 aliphatic carbocycles. The van der Waals surface area contributed by atoms with Gasteiger partial charge in [-0.3, -0.25) is 4.98 Å². The Bertz CT molecular complexity index is 756. The summed E-state index contributed by atoms with van der Waals surface area (Å²) in [5.41, 5.74) is 2.07. The van der Waals surface area contributed by atoms with Crippen LogP contribution < -0.4 is 4.74 Å². The monoisotopic (exact) mass is 326 g/mol. The molecule has 0 bridgehead atoms. The van der Waals surface area contributed by atoms with Crippen molar-refractivity contribution in [3.63, 3.8) is 0 Å². The van der Waals surface area contributed by atoms with E-state index in [0.717, 1.165) is 34.7 Å². The third-order valence-corrected chi connectivity index (χ3v) is 4.49. The molecule has 6 heteroatoms. The number of aromatic nitrogens is 4. The van der Waals surface area contributed by atoms with E-state index < -0.39 is 0 Å². The van der Waals surface area contributed by atoms with Crippen LogP contribution in [0.1, 0.15) is 12.5 Å². The number of hydrogen-bond donors (Lipinski definition) is 0. The molecule has 0 amide bonds. The number of nitrogens with zero attached hydrogens (tertiary/aromatic N) is 4. The van der Waals surface area contributed by atoms with Crippen LogP contribution >= 0.6 is 11.8 Å². The third-order valence-electron chi connectivity index (χ3n) is 3.45. The first-order valence-corrected chi connectivity index (χ1v) is 8.40. The Morgan fingerprint density at radius 2 is 1.91 bits per heavy atom. The van der Waals surface area contributed by atoms with Gasteiger partial charge in [0, 0.05) is 18.5 Å². The zero-order valence-corrected chi connectivity index (χ0v) is 14.0. The summed E-state index contributed by atoms with van der Waals surface area (Å²) >= 11 is 1.67. The summed E-state index contributed by atoms with van der Waals surface area (Å²) < 4.78 is 7.27. The lowest BCUT2D eigenvalue weighted by Gasteiger charge is -2.07. The van der Waals surface area contributed by atoms with Crippen LogP contribution in [0.25, 0.3) is 11.5 Å². The van der Waals surface area contributed by atoms with Crippen molar-refractivity contribution >= 4 is 11.8 Å². The molecule has 118 valence electrons. The van der Waals surface area contributed by atoms with Crippen molar-refractivity contribution in [3.8, 4) is 17.3 Å². The van der Waals surface area contributed by atoms with Gasteiger partial charge < -0.3 is 9.30 Å². The Morgan fingerprint density at radius 3 is 2.57 bits per heavy atom. The highest BCUT2D eigenvalue weighted by Gasteiger charge is 2.13. The first-order valence-electron chi connectivity index (χ1n) is 7.42. The quantitative estimate of drug-likeness (QED) is 0.647. The molecule has 3 rings (SSSR count). The van der Waals surface area contributed by atoms with Crippen molar-refractivity contribution in [2.75, 3.05) is 7.11 Å². The molecule has 0 aliphatic heterocycles. The molecule has 0 saturated heterocycles. The van der Waals surface area contributed by atoms with Crippen LogP contribution in [0.3, 0.4) is 0 Å². The Labute approximate surface area is 139 Å². The second-order valence-corrected chi connectivity index (χ2v) is 5.84. The summed E-state index contributed by atoms with van der Waals surface area (Å²) in [6.45, 7) is 2.90. The predicted molar refractivity (Wildman–Crippen MR) is 91.5 cm³/mol. The maximum Gasteiger partial charge on any atom is 0.191 e. The van der Waals surface area contributed by atoms with Gasteiger partial charge in [-0.15, -0.1) is 10.2 Å². The maximum atomic E-state index is 5.18. The maximum absolute atomic E-state index is 5.18. The highest BCUT2D eigenvalue weighted by Crippen LogP contribution is 2.26. The number of thioether (sulfide) groups is 1. The van der Waals surface area contributed by atoms with Crippen molar-refractivity contribution in [2.45, 2.75) is 24.4 Å². The lowest BCUT2D eigenvalue weighted by molar-refractivity contribution is 0.414. The molecule has 0 atom stereocenters. The summed E-state index contributed by atoms with van der Waals surface area (Å²) in [6, 6.07) is 13.9. The van der Waals surface area contributed by atoms with Crippen LogP contribution in [0.15, 0.2) is 53.8 Å². The first-order chi connectivity index (χ1) is 11.3. The van der Waals surface area contributed by atoms with Crippen molar-refractivity contribution in [1.29, 1.82) is 0 Å². The van der Waals surface area contributed by atoms with Gasteiger partial charge in [-0.05, 0) is 36.8 Å². The molecule has 1 aromatic carbocycles. The zero-order chi connectivity index (χ0) is 16.1. The summed E-state index contributed by atoms with van der Waals surface area (Å²) in [4.78, 5) is 4.36. The number of methoxy groups -OCH3 is 1. The molecular weight excluding hydrogens is 308 g/mol. The van der Waals surface area contributed by atoms with Crippen LogP contribution in [-0.4, -0.2) is 26.9 Å². The van der Waals surface area contributed by atoms with Gasteiger partial charge in [0.2, 0.25) is 0 Å². The van der Waals surface area contributed by atoms with Gasteiger partial charge in [-0.25, -0.2) is 0 Å². The van der Waals surface area contributed by atoms with Crippen molar-refractivity contribution in [3.05, 3.63) is 54.2 Å². The molecule has 0 aliphatic rings. The lowest BCUT2D eigenvalue weighted by atomic mass is 10.2. The SMILES string of the molecule is CCn1c(SCc2ccc(OC)cc2)nnc1-c1ccccn1. The van der Waals surface area contributed by atoms with Gasteiger partial charge in [0.05, 0.1) is 7.11 Å². The van der Waals surface area contributed by atoms with Gasteiger partial charge in [0.25, 0.3) is 0 Å². The molecule has 3 aromatic rings. The van der Waals surface area contributed by atoms with E-state index in [1.165, 1.54) is 5.56 Å². The first kappa shape index (κ1) is 15.6. The number of pyridine rings is 1. The molecule has 0 N–H and O–H groups in total. The molecule has 0 radical (unpaired) electrons. The molecule has 2 heterocycles. The molecule has 5 nitrogen and oxygen atoms in total. The second kappa shape index (κ2) is 7.28. The fraction of sp³-hybridized carbons (Fsp3) is 0.235. The van der Waals surface area contributed by atoms with E-state index >= 15 is 0 Å². The van der Waals surface area contributed by atoms with Gasteiger partial charge in [-0.2, -0.15) is 0 Å². The standard InChI is InChI=1S/C17H18N4OS/c1-3-21-16(15-6-4-5-11-18-15)19-20-17(21)23-12-13-7-9-14(22-2)10-8-13/h4-11H,3,12H2,1-2H3. The van der Waals surface area contributed by atoms with Crippen LogP contribution in [0.5, 0.6) is 5.75 Å². The van der Waals surface area contributed by atoms with Crippen molar-refractivity contribution in [1.82, 2.24) is 19.7 Å². The minimum atomic E-state index is 0.809. The van der Waals surface area contributed by atoms with E-state index in [1.54, 1.807) is 25.1 Å². The van der Waals surface area contributed by atoms with Gasteiger partial charge in [-0.1, -0.05) is 30.0 Å². The molecule has 2 aromatic heterocycles. The Balaban J connectivity index is 1.76. The van der Waals surface area contributed by atoms with Crippen LogP contribution in [-0.2, 0) is 12.3 Å². The molecule has 0 saturated carbocycles. The third kappa shape index (κ3) is 3.53. The van der Waals surface area contributed by atoms with E-state index in [-0.39, 0.29) is 0 Å². The Morgan fingerprint density at radius 1 is 1.09 bits per heavy atom. The van der Waals surface area contributed by atoms with Crippen LogP contribution in [0.4, 0.5) is 0 Å². The number of rotatable bonds is 6. The highest BCUT2D eigenvalue weighted by atomic mass is 32.2. The van der Waals surface area contributed by atoms with E-state index in [0.29, 0.717) is 0 Å². The lowest BCUT2D eigenvalue weighted by Crippen LogP contribution is -2.00. The zero-order valence-electron chi connectivity index (χ0n) is 13.1. The van der Waals surface area contributed by atoms with Gasteiger partial charge >= 0.3 is 0 Å². The minimum Gasteiger partial charge on any atom is -0.497 e. The largest absolute Gasteiger partial charge is 0.497 e. The smallest absolute Gasteiger partial charge is 0.191 e. The van der Waals surface area contributed by atoms with E-state index in [4.69, 9.17) is 4.74 Å². The predicted octanol–water partition coefficient (Wildman–Crippen LogP) is 3.66. The number of ether oxygens (including phenoxy) is 1. The number of benzene rings is 1. The molecule has 0 fully saturated rings. The van der Waals surface area contributed by atoms with Gasteiger partial charge in [0.15, 0.2) is 11.0 Å². The van der Waals surface area contributed by atoms with E-state index in [1.807, 2.05) is 30.3 Å². The minimum absolute atomic E-state index is 0.809. The van der Waals surface area contributed by atoms with E-state index in [9.17, 15) is 0 Å². The normalized spacial score (nSPS) is 10.7. The second-order valence-electron chi connectivity index (χ2n) is 4.90. The molecular formula is C17H18N4OS. The average Bonchev–Trinajstić information content (AvgIpc) is 3.04. The van der Waals surface area contributed by atoms with Crippen LogP contribution in [0, 0.1) is 0 Å². The summed E-state index contributed by atoms with van der Waals surface area (Å²) in [5.74, 6) is 2.52. The summed E-state index contributed by atoms with van der Waals surface area (Å²) in [7, 11) is 1.67. The van der Waals surface area contributed by atoms with Crippen molar-refractivity contribution < 1.29 is 4.74 Å². The fourth-order valence-corrected chi connectivity index (χ4v) is 3.19. The summed E-state index contributed by atoms with van der Waals surface area (Å²) in [5, 5.41) is 9.54. The van der Waals surface area contributed by atoms with Crippen molar-refractivity contribution in [2.24, 2.45) is 0 Å². The summed E-state index contributed by atoms with van der Waals surface area (Å²) in [6.07, 6.45) is 1.77. The molecule has 0 spiro atoms. The molecule has 23 heavy (non-hydrogen) atoms. The Hall–Kier alpha value is -2.34. The highest BCUT2D eigenvalue weighted by molar-refractivity contribution is 7.98. The Kier molecular flexibility index (Phi) is 4.92. The van der Waals surface area contributed by atoms with Crippen LogP contribution in [0.2, 0.25) is 0 Å². The topological polar surface area (TPSA) is 52.8 Å².